The molecule has 0 aliphatic carbocycles. The van der Waals surface area contributed by atoms with Gasteiger partial charge in [-0.05, 0) is 49.2 Å². The van der Waals surface area contributed by atoms with E-state index in [1.807, 2.05) is 61.5 Å². The van der Waals surface area contributed by atoms with Gasteiger partial charge in [-0.2, -0.15) is 5.26 Å². The second-order valence-electron chi connectivity index (χ2n) is 7.30. The molecule has 0 fully saturated rings. The molecule has 0 atom stereocenters. The van der Waals surface area contributed by atoms with E-state index in [9.17, 15) is 14.9 Å². The van der Waals surface area contributed by atoms with Crippen molar-refractivity contribution in [1.29, 1.82) is 5.26 Å². The van der Waals surface area contributed by atoms with Gasteiger partial charge in [0.1, 0.15) is 6.07 Å². The number of hydrogen-bond donors (Lipinski definition) is 1. The number of nitrogens with zero attached hydrogens (tertiary/aromatic N) is 3. The van der Waals surface area contributed by atoms with E-state index in [0.717, 1.165) is 37.1 Å². The van der Waals surface area contributed by atoms with Gasteiger partial charge in [0, 0.05) is 45.4 Å². The Balaban J connectivity index is 1.87. The van der Waals surface area contributed by atoms with Crippen LogP contribution in [0.5, 0.6) is 0 Å². The molecule has 30 heavy (non-hydrogen) atoms. The summed E-state index contributed by atoms with van der Waals surface area (Å²) in [6.07, 6.45) is 4.34. The molecule has 0 saturated heterocycles. The maximum absolute atomic E-state index is 12.7. The third-order valence-electron chi connectivity index (χ3n) is 5.16. The van der Waals surface area contributed by atoms with Crippen LogP contribution in [-0.2, 0) is 4.79 Å². The molecule has 0 aliphatic heterocycles. The lowest BCUT2D eigenvalue weighted by molar-refractivity contribution is -0.120. The second kappa shape index (κ2) is 11.6. The summed E-state index contributed by atoms with van der Waals surface area (Å²) in [5, 5.41) is 11.9. The summed E-state index contributed by atoms with van der Waals surface area (Å²) in [6.45, 7) is 0.690. The van der Waals surface area contributed by atoms with Gasteiger partial charge in [-0.25, -0.2) is 0 Å². The smallest absolute Gasteiger partial charge is 0.253 e. The van der Waals surface area contributed by atoms with Gasteiger partial charge in [-0.3, -0.25) is 9.59 Å². The predicted octanol–water partition coefficient (Wildman–Crippen LogP) is 4.09. The van der Waals surface area contributed by atoms with E-state index < -0.39 is 0 Å². The topological polar surface area (TPSA) is 76.4 Å². The van der Waals surface area contributed by atoms with Crippen molar-refractivity contribution < 1.29 is 9.59 Å². The number of nitriles is 1. The molecular weight excluding hydrogens is 376 g/mol. The molecule has 0 aromatic heterocycles. The summed E-state index contributed by atoms with van der Waals surface area (Å²) >= 11 is 0. The molecule has 0 radical (unpaired) electrons. The molecule has 158 valence electrons. The van der Waals surface area contributed by atoms with Crippen LogP contribution in [-0.4, -0.2) is 44.4 Å². The molecule has 0 heterocycles. The third-order valence-corrected chi connectivity index (χ3v) is 5.16. The van der Waals surface area contributed by atoms with Crippen molar-refractivity contribution in [2.75, 3.05) is 32.6 Å². The van der Waals surface area contributed by atoms with Crippen LogP contribution in [0.25, 0.3) is 0 Å². The van der Waals surface area contributed by atoms with Crippen LogP contribution in [0.1, 0.15) is 48.0 Å². The highest BCUT2D eigenvalue weighted by Gasteiger charge is 2.13. The lowest BCUT2D eigenvalue weighted by Gasteiger charge is -2.21. The number of unbranched alkanes of at least 4 members (excludes halogenated alkanes) is 3. The van der Waals surface area contributed by atoms with E-state index >= 15 is 0 Å². The number of para-hydroxylation sites is 1. The molecule has 0 unspecified atom stereocenters. The fourth-order valence-electron chi connectivity index (χ4n) is 3.26. The standard InChI is InChI=1S/C24H30N4O2/c1-26-23(29)12-6-4-5-9-17-27(2)24(30)19-13-15-21(16-14-19)28(3)22-11-8-7-10-20(22)18-25/h7-8,10-11,13-16H,4-6,9,12,17H2,1-3H3,(H,26,29). The average molecular weight is 407 g/mol. The maximum atomic E-state index is 12.7. The molecule has 6 nitrogen and oxygen atoms in total. The van der Waals surface area contributed by atoms with E-state index in [0.29, 0.717) is 24.1 Å². The van der Waals surface area contributed by atoms with Crippen molar-refractivity contribution in [2.45, 2.75) is 32.1 Å². The Bertz CT molecular complexity index is 887. The molecule has 2 rings (SSSR count). The first-order chi connectivity index (χ1) is 14.5. The predicted molar refractivity (Wildman–Crippen MR) is 120 cm³/mol. The maximum Gasteiger partial charge on any atom is 0.253 e. The van der Waals surface area contributed by atoms with Crippen molar-refractivity contribution in [3.05, 3.63) is 59.7 Å². The zero-order chi connectivity index (χ0) is 21.9. The van der Waals surface area contributed by atoms with Crippen LogP contribution in [0.2, 0.25) is 0 Å². The number of anilines is 2. The fraction of sp³-hybridized carbons (Fsp3) is 0.375. The number of nitrogens with one attached hydrogen (secondary N) is 1. The van der Waals surface area contributed by atoms with E-state index in [-0.39, 0.29) is 11.8 Å². The van der Waals surface area contributed by atoms with Crippen molar-refractivity contribution in [3.8, 4) is 6.07 Å². The normalized spacial score (nSPS) is 10.2. The Morgan fingerprint density at radius 2 is 1.63 bits per heavy atom. The van der Waals surface area contributed by atoms with E-state index in [2.05, 4.69) is 11.4 Å². The number of carbonyl (C=O) groups excluding carboxylic acids is 2. The Kier molecular flexibility index (Phi) is 8.89. The van der Waals surface area contributed by atoms with Gasteiger partial charge in [0.2, 0.25) is 5.91 Å². The largest absolute Gasteiger partial charge is 0.359 e. The van der Waals surface area contributed by atoms with Gasteiger partial charge in [0.05, 0.1) is 11.3 Å². The van der Waals surface area contributed by atoms with Crippen molar-refractivity contribution in [2.24, 2.45) is 0 Å². The number of rotatable bonds is 10. The van der Waals surface area contributed by atoms with Crippen molar-refractivity contribution >= 4 is 23.2 Å². The molecular formula is C24H30N4O2. The minimum absolute atomic E-state index is 0.00742. The van der Waals surface area contributed by atoms with Crippen molar-refractivity contribution in [1.82, 2.24) is 10.2 Å². The van der Waals surface area contributed by atoms with Crippen LogP contribution in [0, 0.1) is 11.3 Å². The highest BCUT2D eigenvalue weighted by Crippen LogP contribution is 2.26. The molecule has 0 saturated carbocycles. The molecule has 6 heteroatoms. The number of benzene rings is 2. The quantitative estimate of drug-likeness (QED) is 0.603. The van der Waals surface area contributed by atoms with Crippen LogP contribution in [0.4, 0.5) is 11.4 Å². The molecule has 2 aromatic rings. The van der Waals surface area contributed by atoms with Gasteiger partial charge in [0.25, 0.3) is 5.91 Å². The lowest BCUT2D eigenvalue weighted by Crippen LogP contribution is -2.27. The second-order valence-corrected chi connectivity index (χ2v) is 7.30. The fourth-order valence-corrected chi connectivity index (χ4v) is 3.26. The molecule has 2 aromatic carbocycles. The zero-order valence-electron chi connectivity index (χ0n) is 18.0. The average Bonchev–Trinajstić information content (AvgIpc) is 2.79. The summed E-state index contributed by atoms with van der Waals surface area (Å²) in [4.78, 5) is 27.5. The van der Waals surface area contributed by atoms with Gasteiger partial charge >= 0.3 is 0 Å². The minimum atomic E-state index is -0.00742. The van der Waals surface area contributed by atoms with E-state index in [1.54, 1.807) is 18.0 Å². The number of amides is 2. The first-order valence-corrected chi connectivity index (χ1v) is 10.3. The first kappa shape index (κ1) is 23.0. The SMILES string of the molecule is CNC(=O)CCCCCCN(C)C(=O)c1ccc(N(C)c2ccccc2C#N)cc1. The minimum Gasteiger partial charge on any atom is -0.359 e. The van der Waals surface area contributed by atoms with Crippen LogP contribution in [0.15, 0.2) is 48.5 Å². The summed E-state index contributed by atoms with van der Waals surface area (Å²) < 4.78 is 0. The van der Waals surface area contributed by atoms with Gasteiger partial charge in [-0.1, -0.05) is 25.0 Å². The summed E-state index contributed by atoms with van der Waals surface area (Å²) in [6, 6.07) is 17.1. The van der Waals surface area contributed by atoms with E-state index in [4.69, 9.17) is 0 Å². The Morgan fingerprint density at radius 3 is 2.30 bits per heavy atom. The number of carbonyl (C=O) groups is 2. The van der Waals surface area contributed by atoms with Gasteiger partial charge in [0.15, 0.2) is 0 Å². The Morgan fingerprint density at radius 1 is 0.967 bits per heavy atom. The summed E-state index contributed by atoms with van der Waals surface area (Å²) in [5.74, 6) is 0.0690. The highest BCUT2D eigenvalue weighted by atomic mass is 16.2. The molecule has 2 amide bonds. The van der Waals surface area contributed by atoms with Crippen molar-refractivity contribution in [3.63, 3.8) is 0 Å². The first-order valence-electron chi connectivity index (χ1n) is 10.3. The molecule has 1 N–H and O–H groups in total. The van der Waals surface area contributed by atoms with Gasteiger partial charge < -0.3 is 15.1 Å². The Labute approximate surface area is 179 Å². The Hall–Kier alpha value is -3.33. The third kappa shape index (κ3) is 6.35. The summed E-state index contributed by atoms with van der Waals surface area (Å²) in [5.41, 5.74) is 2.98. The monoisotopic (exact) mass is 406 g/mol. The molecule has 0 aliphatic rings. The number of hydrogen-bond acceptors (Lipinski definition) is 4. The van der Waals surface area contributed by atoms with E-state index in [1.165, 1.54) is 0 Å². The van der Waals surface area contributed by atoms with Crippen LogP contribution < -0.4 is 10.2 Å². The van der Waals surface area contributed by atoms with Gasteiger partial charge in [-0.15, -0.1) is 0 Å². The zero-order valence-corrected chi connectivity index (χ0v) is 18.0. The molecule has 0 spiro atoms. The van der Waals surface area contributed by atoms with Crippen LogP contribution in [0.3, 0.4) is 0 Å². The molecule has 0 bridgehead atoms. The summed E-state index contributed by atoms with van der Waals surface area (Å²) in [7, 11) is 5.37. The highest BCUT2D eigenvalue weighted by molar-refractivity contribution is 5.94. The lowest BCUT2D eigenvalue weighted by atomic mass is 10.1. The van der Waals surface area contributed by atoms with Crippen LogP contribution >= 0.6 is 0 Å².